The molecule has 1 N–H and O–H groups in total. The molecule has 2 aromatic rings. The first kappa shape index (κ1) is 22.7. The Morgan fingerprint density at radius 2 is 1.93 bits per heavy atom. The van der Waals surface area contributed by atoms with Crippen molar-refractivity contribution in [2.24, 2.45) is 4.99 Å². The van der Waals surface area contributed by atoms with Crippen LogP contribution in [-0.2, 0) is 17.8 Å². The summed E-state index contributed by atoms with van der Waals surface area (Å²) in [6, 6.07) is 11.9. The number of hydrogen-bond donors (Lipinski definition) is 1. The summed E-state index contributed by atoms with van der Waals surface area (Å²) in [5.74, 6) is 1.82. The van der Waals surface area contributed by atoms with Gasteiger partial charge in [-0.05, 0) is 17.7 Å². The number of aliphatic imine (C=N–C) groups is 1. The van der Waals surface area contributed by atoms with Gasteiger partial charge in [-0.3, -0.25) is 4.99 Å². The molecule has 1 aliphatic rings. The van der Waals surface area contributed by atoms with E-state index in [1.807, 2.05) is 43.6 Å². The normalized spacial score (nSPS) is 14.4. The van der Waals surface area contributed by atoms with Crippen LogP contribution in [0.2, 0.25) is 5.02 Å². The molecular weight excluding hydrogens is 489 g/mol. The van der Waals surface area contributed by atoms with E-state index >= 15 is 0 Å². The third kappa shape index (κ3) is 5.96. The highest BCUT2D eigenvalue weighted by Crippen LogP contribution is 2.19. The SMILES string of the molecule is CN=C(NCc1cccnc1N1CCOCC1)N(C)Cc1ccccc1Cl.I. The number of ether oxygens (including phenoxy) is 1. The monoisotopic (exact) mass is 515 g/mol. The van der Waals surface area contributed by atoms with Crippen LogP contribution in [0.1, 0.15) is 11.1 Å². The number of anilines is 1. The number of guanidine groups is 1. The van der Waals surface area contributed by atoms with Crippen molar-refractivity contribution >= 4 is 47.4 Å². The lowest BCUT2D eigenvalue weighted by Gasteiger charge is -2.30. The Labute approximate surface area is 189 Å². The molecule has 0 unspecified atom stereocenters. The molecule has 0 radical (unpaired) electrons. The molecule has 0 atom stereocenters. The molecule has 2 heterocycles. The smallest absolute Gasteiger partial charge is 0.193 e. The minimum absolute atomic E-state index is 0. The third-order valence-electron chi connectivity index (χ3n) is 4.55. The summed E-state index contributed by atoms with van der Waals surface area (Å²) in [6.45, 7) is 4.55. The molecule has 1 fully saturated rings. The lowest BCUT2D eigenvalue weighted by molar-refractivity contribution is 0.122. The lowest BCUT2D eigenvalue weighted by atomic mass is 10.2. The van der Waals surface area contributed by atoms with Crippen molar-refractivity contribution in [3.63, 3.8) is 0 Å². The van der Waals surface area contributed by atoms with Gasteiger partial charge in [0.15, 0.2) is 5.96 Å². The van der Waals surface area contributed by atoms with E-state index in [1.165, 1.54) is 0 Å². The van der Waals surface area contributed by atoms with Gasteiger partial charge >= 0.3 is 0 Å². The summed E-state index contributed by atoms with van der Waals surface area (Å²) in [6.07, 6.45) is 1.84. The van der Waals surface area contributed by atoms with Crippen LogP contribution in [0.4, 0.5) is 5.82 Å². The number of nitrogens with one attached hydrogen (secondary N) is 1. The molecule has 6 nitrogen and oxygen atoms in total. The number of pyridine rings is 1. The Hall–Kier alpha value is -1.58. The number of halogens is 2. The molecule has 152 valence electrons. The number of rotatable bonds is 5. The lowest BCUT2D eigenvalue weighted by Crippen LogP contribution is -2.40. The van der Waals surface area contributed by atoms with Crippen LogP contribution in [0.5, 0.6) is 0 Å². The fourth-order valence-corrected chi connectivity index (χ4v) is 3.34. The van der Waals surface area contributed by atoms with Crippen molar-refractivity contribution in [3.05, 3.63) is 58.7 Å². The van der Waals surface area contributed by atoms with Gasteiger partial charge in [0.2, 0.25) is 0 Å². The highest BCUT2D eigenvalue weighted by atomic mass is 127. The molecule has 1 aromatic heterocycles. The molecule has 0 spiro atoms. The minimum Gasteiger partial charge on any atom is -0.378 e. The van der Waals surface area contributed by atoms with Crippen LogP contribution in [-0.4, -0.2) is 56.2 Å². The fourth-order valence-electron chi connectivity index (χ4n) is 3.14. The molecule has 0 saturated carbocycles. The molecule has 0 aliphatic carbocycles. The van der Waals surface area contributed by atoms with Crippen molar-refractivity contribution < 1.29 is 4.74 Å². The number of aromatic nitrogens is 1. The summed E-state index contributed by atoms with van der Waals surface area (Å²) in [4.78, 5) is 13.3. The van der Waals surface area contributed by atoms with E-state index in [0.717, 1.165) is 54.2 Å². The average molecular weight is 516 g/mol. The summed E-state index contributed by atoms with van der Waals surface area (Å²) < 4.78 is 5.45. The second-order valence-corrected chi connectivity index (χ2v) is 6.84. The molecule has 1 aromatic carbocycles. The number of morpholine rings is 1. The van der Waals surface area contributed by atoms with Gasteiger partial charge in [-0.2, -0.15) is 0 Å². The van der Waals surface area contributed by atoms with Crippen LogP contribution in [0.15, 0.2) is 47.6 Å². The van der Waals surface area contributed by atoms with Crippen LogP contribution in [0.3, 0.4) is 0 Å². The van der Waals surface area contributed by atoms with Gasteiger partial charge in [0.05, 0.1) is 13.2 Å². The number of nitrogens with zero attached hydrogens (tertiary/aromatic N) is 4. The first-order valence-corrected chi connectivity index (χ1v) is 9.48. The Kier molecular flexibility index (Phi) is 9.27. The Balaban J connectivity index is 0.00000280. The second-order valence-electron chi connectivity index (χ2n) is 6.43. The molecule has 1 aliphatic heterocycles. The van der Waals surface area contributed by atoms with Crippen molar-refractivity contribution in [1.29, 1.82) is 0 Å². The molecule has 0 amide bonds. The van der Waals surface area contributed by atoms with Crippen LogP contribution >= 0.6 is 35.6 Å². The Morgan fingerprint density at radius 3 is 2.64 bits per heavy atom. The van der Waals surface area contributed by atoms with E-state index < -0.39 is 0 Å². The standard InChI is InChI=1S/C20H26ClN5O.HI/c1-22-20(25(2)15-17-6-3-4-8-18(17)21)24-14-16-7-5-9-23-19(16)26-10-12-27-13-11-26;/h3-9H,10-15H2,1-2H3,(H,22,24);1H. The van der Waals surface area contributed by atoms with E-state index in [2.05, 4.69) is 31.2 Å². The number of benzene rings is 1. The van der Waals surface area contributed by atoms with Crippen molar-refractivity contribution in [1.82, 2.24) is 15.2 Å². The fraction of sp³-hybridized carbons (Fsp3) is 0.400. The molecule has 28 heavy (non-hydrogen) atoms. The Bertz CT molecular complexity index is 783. The zero-order valence-corrected chi connectivity index (χ0v) is 19.4. The molecular formula is C20H27ClIN5O. The van der Waals surface area contributed by atoms with Crippen LogP contribution in [0.25, 0.3) is 0 Å². The van der Waals surface area contributed by atoms with Gasteiger partial charge in [-0.25, -0.2) is 4.98 Å². The van der Waals surface area contributed by atoms with E-state index in [4.69, 9.17) is 16.3 Å². The largest absolute Gasteiger partial charge is 0.378 e. The number of hydrogen-bond acceptors (Lipinski definition) is 4. The second kappa shape index (κ2) is 11.4. The maximum Gasteiger partial charge on any atom is 0.193 e. The van der Waals surface area contributed by atoms with Crippen molar-refractivity contribution in [3.8, 4) is 0 Å². The van der Waals surface area contributed by atoms with Crippen molar-refractivity contribution in [2.45, 2.75) is 13.1 Å². The summed E-state index contributed by atoms with van der Waals surface area (Å²) in [5, 5.41) is 4.21. The van der Waals surface area contributed by atoms with Gasteiger partial charge < -0.3 is 19.9 Å². The molecule has 0 bridgehead atoms. The first-order chi connectivity index (χ1) is 13.2. The first-order valence-electron chi connectivity index (χ1n) is 9.11. The van der Waals surface area contributed by atoms with Gasteiger partial charge in [0, 0.05) is 57.1 Å². The minimum atomic E-state index is 0. The van der Waals surface area contributed by atoms with Crippen LogP contribution < -0.4 is 10.2 Å². The van der Waals surface area contributed by atoms with Gasteiger partial charge in [-0.1, -0.05) is 35.9 Å². The highest BCUT2D eigenvalue weighted by Gasteiger charge is 2.16. The predicted octanol–water partition coefficient (Wildman–Crippen LogP) is 3.40. The van der Waals surface area contributed by atoms with Crippen molar-refractivity contribution in [2.75, 3.05) is 45.3 Å². The third-order valence-corrected chi connectivity index (χ3v) is 4.92. The Morgan fingerprint density at radius 1 is 1.21 bits per heavy atom. The van der Waals surface area contributed by atoms with E-state index in [1.54, 1.807) is 7.05 Å². The zero-order valence-electron chi connectivity index (χ0n) is 16.3. The quantitative estimate of drug-likeness (QED) is 0.376. The molecule has 8 heteroatoms. The summed E-state index contributed by atoms with van der Waals surface area (Å²) >= 11 is 6.29. The van der Waals surface area contributed by atoms with E-state index in [9.17, 15) is 0 Å². The van der Waals surface area contributed by atoms with Gasteiger partial charge in [0.25, 0.3) is 0 Å². The molecule has 3 rings (SSSR count). The topological polar surface area (TPSA) is 53.0 Å². The summed E-state index contributed by atoms with van der Waals surface area (Å²) in [5.41, 5.74) is 2.21. The van der Waals surface area contributed by atoms with Gasteiger partial charge in [-0.15, -0.1) is 24.0 Å². The maximum absolute atomic E-state index is 6.29. The van der Waals surface area contributed by atoms with E-state index in [0.29, 0.717) is 13.1 Å². The van der Waals surface area contributed by atoms with E-state index in [-0.39, 0.29) is 24.0 Å². The highest BCUT2D eigenvalue weighted by molar-refractivity contribution is 14.0. The molecule has 1 saturated heterocycles. The zero-order chi connectivity index (χ0) is 19.1. The summed E-state index contributed by atoms with van der Waals surface area (Å²) in [7, 11) is 3.79. The predicted molar refractivity (Wildman–Crippen MR) is 126 cm³/mol. The average Bonchev–Trinajstić information content (AvgIpc) is 2.71. The van der Waals surface area contributed by atoms with Gasteiger partial charge in [0.1, 0.15) is 5.82 Å². The maximum atomic E-state index is 6.29. The van der Waals surface area contributed by atoms with Crippen LogP contribution in [0, 0.1) is 0 Å².